The number of cyclic esters (lactones) is 1. The number of rotatable bonds is 8. The number of amides is 1. The molecule has 0 saturated carbocycles. The minimum atomic E-state index is -0.347. The summed E-state index contributed by atoms with van der Waals surface area (Å²) in [6, 6.07) is 14.7. The fourth-order valence-corrected chi connectivity index (χ4v) is 5.39. The van der Waals surface area contributed by atoms with Gasteiger partial charge in [0, 0.05) is 14.6 Å². The van der Waals surface area contributed by atoms with Crippen LogP contribution in [-0.4, -0.2) is 23.5 Å². The zero-order chi connectivity index (χ0) is 20.1. The van der Waals surface area contributed by atoms with E-state index in [4.69, 9.17) is 4.74 Å². The van der Waals surface area contributed by atoms with E-state index in [1.54, 1.807) is 11.8 Å². The molecule has 0 spiro atoms. The maximum Gasteiger partial charge on any atom is 0.407 e. The van der Waals surface area contributed by atoms with Crippen LogP contribution in [0.15, 0.2) is 57.9 Å². The lowest BCUT2D eigenvalue weighted by molar-refractivity contribution is 0.124. The number of carbonyl (C=O) groups is 1. The normalized spacial score (nSPS) is 20.1. The number of hydrogen-bond donors (Lipinski definition) is 1. The van der Waals surface area contributed by atoms with Crippen LogP contribution in [-0.2, 0) is 11.2 Å². The van der Waals surface area contributed by atoms with Gasteiger partial charge in [0.2, 0.25) is 0 Å². The van der Waals surface area contributed by atoms with E-state index in [0.717, 1.165) is 34.2 Å². The van der Waals surface area contributed by atoms with Crippen LogP contribution < -0.4 is 5.32 Å². The second-order valence-corrected chi connectivity index (χ2v) is 9.88. The van der Waals surface area contributed by atoms with Crippen molar-refractivity contribution in [3.05, 3.63) is 64.4 Å². The van der Waals surface area contributed by atoms with Gasteiger partial charge in [-0.15, -0.1) is 11.8 Å². The highest BCUT2D eigenvalue weighted by molar-refractivity contribution is 9.10. The average molecular weight is 466 g/mol. The van der Waals surface area contributed by atoms with E-state index < -0.39 is 0 Å². The molecule has 0 aliphatic carbocycles. The summed E-state index contributed by atoms with van der Waals surface area (Å²) in [6.07, 6.45) is 1.96. The molecule has 2 aromatic carbocycles. The highest BCUT2D eigenvalue weighted by atomic mass is 79.9. The van der Waals surface area contributed by atoms with Crippen molar-refractivity contribution in [1.29, 1.82) is 0 Å². The predicted molar refractivity (Wildman–Crippen MR) is 115 cm³/mol. The molecule has 0 unspecified atom stereocenters. The summed E-state index contributed by atoms with van der Waals surface area (Å²) < 4.78 is 19.8. The topological polar surface area (TPSA) is 38.3 Å². The smallest absolute Gasteiger partial charge is 0.407 e. The second kappa shape index (κ2) is 9.79. The summed E-state index contributed by atoms with van der Waals surface area (Å²) in [5, 5.41) is 3.25. The van der Waals surface area contributed by atoms with E-state index in [2.05, 4.69) is 47.2 Å². The van der Waals surface area contributed by atoms with E-state index >= 15 is 0 Å². The Bertz CT molecular complexity index is 799. The van der Waals surface area contributed by atoms with E-state index in [0.29, 0.717) is 5.92 Å². The number of alkyl carbamates (subject to hydrolysis) is 1. The Hall–Kier alpha value is -1.53. The molecule has 3 atom stereocenters. The average Bonchev–Trinajstić information content (AvgIpc) is 2.95. The van der Waals surface area contributed by atoms with Gasteiger partial charge in [0.25, 0.3) is 0 Å². The zero-order valence-corrected chi connectivity index (χ0v) is 18.4. The minimum Gasteiger partial charge on any atom is -0.444 e. The van der Waals surface area contributed by atoms with Gasteiger partial charge in [0.1, 0.15) is 11.9 Å². The molecule has 1 saturated heterocycles. The number of carbonyl (C=O) groups excluding carboxylic acids is 1. The van der Waals surface area contributed by atoms with Crippen LogP contribution in [0.4, 0.5) is 9.18 Å². The lowest BCUT2D eigenvalue weighted by Crippen LogP contribution is -2.35. The predicted octanol–water partition coefficient (Wildman–Crippen LogP) is 6.20. The molecule has 0 aromatic heterocycles. The van der Waals surface area contributed by atoms with Gasteiger partial charge in [-0.2, -0.15) is 0 Å². The first kappa shape index (κ1) is 21.2. The van der Waals surface area contributed by atoms with Gasteiger partial charge in [-0.3, -0.25) is 0 Å². The van der Waals surface area contributed by atoms with Crippen molar-refractivity contribution in [3.8, 4) is 0 Å². The minimum absolute atomic E-state index is 0.0507. The Balaban J connectivity index is 1.69. The maximum atomic E-state index is 13.2. The molecule has 1 heterocycles. The Morgan fingerprint density at radius 3 is 2.64 bits per heavy atom. The van der Waals surface area contributed by atoms with E-state index in [1.165, 1.54) is 12.1 Å². The number of hydrogen-bond acceptors (Lipinski definition) is 3. The second-order valence-electron chi connectivity index (χ2n) is 7.59. The zero-order valence-electron chi connectivity index (χ0n) is 16.0. The fraction of sp³-hybridized carbons (Fsp3) is 0.409. The number of nitrogens with one attached hydrogen (secondary N) is 1. The number of thioether (sulfide) groups is 1. The molecular weight excluding hydrogens is 441 g/mol. The monoisotopic (exact) mass is 465 g/mol. The van der Waals surface area contributed by atoms with Crippen LogP contribution in [0.1, 0.15) is 32.3 Å². The van der Waals surface area contributed by atoms with Crippen LogP contribution in [0.25, 0.3) is 0 Å². The molecule has 3 rings (SSSR count). The summed E-state index contributed by atoms with van der Waals surface area (Å²) in [4.78, 5) is 13.0. The first-order valence-electron chi connectivity index (χ1n) is 9.53. The van der Waals surface area contributed by atoms with Crippen LogP contribution >= 0.6 is 27.7 Å². The highest BCUT2D eigenvalue weighted by Gasteiger charge is 2.36. The number of ether oxygens (including phenoxy) is 1. The van der Waals surface area contributed by atoms with Crippen LogP contribution in [0, 0.1) is 11.7 Å². The summed E-state index contributed by atoms with van der Waals surface area (Å²) in [5.74, 6) is 0.291. The summed E-state index contributed by atoms with van der Waals surface area (Å²) in [5.41, 5.74) is 1.15. The first-order valence-corrected chi connectivity index (χ1v) is 11.2. The van der Waals surface area contributed by atoms with Crippen molar-refractivity contribution in [3.63, 3.8) is 0 Å². The molecule has 28 heavy (non-hydrogen) atoms. The molecular formula is C22H25BrFNO2S. The molecule has 150 valence electrons. The first-order chi connectivity index (χ1) is 13.4. The maximum absolute atomic E-state index is 13.2. The Morgan fingerprint density at radius 1 is 1.21 bits per heavy atom. The SMILES string of the molecule is CC(C)C[C@H](C[C@H]1OC(=O)N[C@H]1Cc1cccc(Br)c1)Sc1ccc(F)cc1. The Labute approximate surface area is 178 Å². The third-order valence-corrected chi connectivity index (χ3v) is 6.46. The van der Waals surface area contributed by atoms with E-state index in [1.807, 2.05) is 24.3 Å². The lowest BCUT2D eigenvalue weighted by atomic mass is 9.96. The van der Waals surface area contributed by atoms with Crippen molar-refractivity contribution in [2.75, 3.05) is 0 Å². The van der Waals surface area contributed by atoms with Crippen LogP contribution in [0.3, 0.4) is 0 Å². The summed E-state index contributed by atoms with van der Waals surface area (Å²) >= 11 is 5.23. The van der Waals surface area contributed by atoms with E-state index in [-0.39, 0.29) is 29.3 Å². The van der Waals surface area contributed by atoms with Gasteiger partial charge in [0.05, 0.1) is 6.04 Å². The van der Waals surface area contributed by atoms with Crippen molar-refractivity contribution >= 4 is 33.8 Å². The molecule has 2 aromatic rings. The quantitative estimate of drug-likeness (QED) is 0.471. The molecule has 3 nitrogen and oxygen atoms in total. The third kappa shape index (κ3) is 6.24. The van der Waals surface area contributed by atoms with Gasteiger partial charge in [-0.05, 0) is 67.1 Å². The summed E-state index contributed by atoms with van der Waals surface area (Å²) in [6.45, 7) is 4.38. The number of benzene rings is 2. The molecule has 1 aliphatic rings. The van der Waals surface area contributed by atoms with Gasteiger partial charge < -0.3 is 10.1 Å². The van der Waals surface area contributed by atoms with Crippen molar-refractivity contribution in [2.24, 2.45) is 5.92 Å². The van der Waals surface area contributed by atoms with Crippen molar-refractivity contribution in [1.82, 2.24) is 5.32 Å². The molecule has 1 fully saturated rings. The Morgan fingerprint density at radius 2 is 1.96 bits per heavy atom. The molecule has 1 aliphatic heterocycles. The molecule has 1 amide bonds. The lowest BCUT2D eigenvalue weighted by Gasteiger charge is -2.24. The fourth-order valence-electron chi connectivity index (χ4n) is 3.49. The Kier molecular flexibility index (Phi) is 7.41. The third-order valence-electron chi connectivity index (χ3n) is 4.70. The molecule has 1 N–H and O–H groups in total. The van der Waals surface area contributed by atoms with Crippen molar-refractivity contribution < 1.29 is 13.9 Å². The van der Waals surface area contributed by atoms with Crippen LogP contribution in [0.2, 0.25) is 0 Å². The molecule has 6 heteroatoms. The van der Waals surface area contributed by atoms with Gasteiger partial charge in [0.15, 0.2) is 0 Å². The van der Waals surface area contributed by atoms with Crippen LogP contribution in [0.5, 0.6) is 0 Å². The largest absolute Gasteiger partial charge is 0.444 e. The highest BCUT2D eigenvalue weighted by Crippen LogP contribution is 2.33. The van der Waals surface area contributed by atoms with Gasteiger partial charge >= 0.3 is 6.09 Å². The van der Waals surface area contributed by atoms with Crippen molar-refractivity contribution in [2.45, 2.75) is 55.4 Å². The number of halogens is 2. The van der Waals surface area contributed by atoms with E-state index in [9.17, 15) is 9.18 Å². The molecule has 0 bridgehead atoms. The standard InChI is InChI=1S/C22H25BrFNO2S/c1-14(2)10-19(28-18-8-6-17(24)7-9-18)13-21-20(25-22(26)27-21)12-15-4-3-5-16(23)11-15/h3-9,11,14,19-21H,10,12-13H2,1-2H3,(H,25,26)/t19-,20+,21-/m1/s1. The van der Waals surface area contributed by atoms with Gasteiger partial charge in [-0.1, -0.05) is 41.9 Å². The molecule has 0 radical (unpaired) electrons. The summed E-state index contributed by atoms with van der Waals surface area (Å²) in [7, 11) is 0. The van der Waals surface area contributed by atoms with Gasteiger partial charge in [-0.25, -0.2) is 9.18 Å².